The average Bonchev–Trinajstić information content (AvgIpc) is 2.28. The zero-order chi connectivity index (χ0) is 21.9. The second-order valence-corrected chi connectivity index (χ2v) is 30.9. The van der Waals surface area contributed by atoms with Gasteiger partial charge < -0.3 is 16.8 Å². The molecule has 0 bridgehead atoms. The first kappa shape index (κ1) is 27.7. The second-order valence-electron chi connectivity index (χ2n) is 10.7. The summed E-state index contributed by atoms with van der Waals surface area (Å²) in [5.74, 6) is 0. The Bertz CT molecular complexity index is 498. The summed E-state index contributed by atoms with van der Waals surface area (Å²) in [6.07, 6.45) is 1.15. The Morgan fingerprint density at radius 2 is 1.22 bits per heavy atom. The van der Waals surface area contributed by atoms with Gasteiger partial charge in [0.15, 0.2) is 16.6 Å². The van der Waals surface area contributed by atoms with E-state index in [1.165, 1.54) is 0 Å². The molecule has 0 aromatic heterocycles. The van der Waals surface area contributed by atoms with Crippen LogP contribution >= 0.6 is 0 Å². The van der Waals surface area contributed by atoms with E-state index in [0.717, 1.165) is 18.0 Å². The molecule has 4 nitrogen and oxygen atoms in total. The maximum atomic E-state index is 6.79. The highest BCUT2D eigenvalue weighted by atomic mass is 28.5. The molecule has 0 fully saturated rings. The van der Waals surface area contributed by atoms with Gasteiger partial charge in [0.2, 0.25) is 8.32 Å². The van der Waals surface area contributed by atoms with Crippen molar-refractivity contribution in [1.29, 1.82) is 0 Å². The molecule has 0 aromatic rings. The van der Waals surface area contributed by atoms with E-state index in [1.54, 1.807) is 0 Å². The molecule has 1 atom stereocenters. The Morgan fingerprint density at radius 1 is 0.778 bits per heavy atom. The lowest BCUT2D eigenvalue weighted by atomic mass is 10.4. The summed E-state index contributed by atoms with van der Waals surface area (Å²) in [7, 11) is -10.2. The molecule has 0 N–H and O–H groups in total. The molecule has 1 unspecified atom stereocenters. The normalized spacial score (nSPS) is 15.7. The van der Waals surface area contributed by atoms with Gasteiger partial charge in [-0.25, -0.2) is 0 Å². The molecule has 27 heavy (non-hydrogen) atoms. The minimum Gasteiger partial charge on any atom is -0.437 e. The van der Waals surface area contributed by atoms with E-state index >= 15 is 0 Å². The molecule has 0 aliphatic carbocycles. The molecule has 0 rings (SSSR count). The van der Waals surface area contributed by atoms with Crippen molar-refractivity contribution in [2.24, 2.45) is 0 Å². The van der Waals surface area contributed by atoms with Crippen LogP contribution < -0.4 is 0 Å². The third-order valence-corrected chi connectivity index (χ3v) is 21.0. The highest BCUT2D eigenvalue weighted by Crippen LogP contribution is 2.30. The Hall–Kier alpha value is 0.664. The predicted octanol–water partition coefficient (Wildman–Crippen LogP) is 6.60. The van der Waals surface area contributed by atoms with Gasteiger partial charge in [-0.05, 0) is 85.0 Å². The van der Waals surface area contributed by atoms with Crippen molar-refractivity contribution in [3.05, 3.63) is 12.2 Å². The van der Waals surface area contributed by atoms with E-state index in [0.29, 0.717) is 0 Å². The molecule has 0 saturated carbocycles. The van der Waals surface area contributed by atoms with E-state index in [9.17, 15) is 0 Å². The molecule has 0 heterocycles. The molecule has 0 aliphatic heterocycles. The zero-order valence-corrected chi connectivity index (χ0v) is 25.3. The number of hydrogen-bond donors (Lipinski definition) is 0. The minimum absolute atomic E-state index is 0.00350. The molecule has 0 saturated heterocycles. The van der Waals surface area contributed by atoms with Crippen molar-refractivity contribution in [2.45, 2.75) is 104 Å². The van der Waals surface area contributed by atoms with Crippen molar-refractivity contribution in [3.63, 3.8) is 0 Å². The summed E-state index contributed by atoms with van der Waals surface area (Å²) >= 11 is 0. The van der Waals surface area contributed by atoms with Crippen LogP contribution in [0.5, 0.6) is 0 Å². The third kappa shape index (κ3) is 11.4. The Labute approximate surface area is 174 Å². The van der Waals surface area contributed by atoms with E-state index < -0.39 is 42.1 Å². The van der Waals surface area contributed by atoms with Crippen LogP contribution in [-0.2, 0) is 16.8 Å². The lowest BCUT2D eigenvalue weighted by molar-refractivity contribution is 0.256. The molecule has 0 radical (unpaired) electrons. The summed E-state index contributed by atoms with van der Waals surface area (Å²) in [6, 6.07) is 1.16. The summed E-state index contributed by atoms with van der Waals surface area (Å²) in [4.78, 5) is 0. The largest absolute Gasteiger partial charge is 0.437 e. The second kappa shape index (κ2) is 9.65. The third-order valence-electron chi connectivity index (χ3n) is 3.92. The molecular formula is C18H46O4Si5. The van der Waals surface area contributed by atoms with Gasteiger partial charge in [-0.1, -0.05) is 25.5 Å². The van der Waals surface area contributed by atoms with Crippen LogP contribution in [0.2, 0.25) is 78.1 Å². The molecule has 9 heteroatoms. The fraction of sp³-hybridized carbons (Fsp3) is 0.889. The Morgan fingerprint density at radius 3 is 1.59 bits per heavy atom. The van der Waals surface area contributed by atoms with E-state index in [4.69, 9.17) is 16.8 Å². The van der Waals surface area contributed by atoms with Gasteiger partial charge in [0, 0.05) is 0 Å². The quantitative estimate of drug-likeness (QED) is 0.240. The van der Waals surface area contributed by atoms with Gasteiger partial charge in [0.05, 0.1) is 5.73 Å². The van der Waals surface area contributed by atoms with Crippen LogP contribution in [0.4, 0.5) is 0 Å². The average molecular weight is 467 g/mol. The Balaban J connectivity index is 5.38. The lowest BCUT2D eigenvalue weighted by Gasteiger charge is -2.44. The number of hydrogen-bond acceptors (Lipinski definition) is 4. The summed E-state index contributed by atoms with van der Waals surface area (Å²) in [5.41, 5.74) is 1.08. The van der Waals surface area contributed by atoms with Gasteiger partial charge >= 0.3 is 17.1 Å². The molecule has 0 aliphatic rings. The number of rotatable bonds is 12. The van der Waals surface area contributed by atoms with Crippen LogP contribution in [0.3, 0.4) is 0 Å². The van der Waals surface area contributed by atoms with Gasteiger partial charge in [-0.15, -0.1) is 0 Å². The predicted molar refractivity (Wildman–Crippen MR) is 131 cm³/mol. The minimum atomic E-state index is -2.36. The van der Waals surface area contributed by atoms with E-state index in [2.05, 4.69) is 92.4 Å². The molecular weight excluding hydrogens is 421 g/mol. The lowest BCUT2D eigenvalue weighted by Crippen LogP contribution is -2.60. The van der Waals surface area contributed by atoms with Gasteiger partial charge in [-0.2, -0.15) is 0 Å². The molecule has 0 spiro atoms. The maximum Gasteiger partial charge on any atom is 0.312 e. The molecule has 0 aromatic carbocycles. The summed E-state index contributed by atoms with van der Waals surface area (Å²) in [5, 5.41) is 0. The smallest absolute Gasteiger partial charge is 0.312 e. The molecule has 0 amide bonds. The topological polar surface area (TPSA) is 36.9 Å². The first-order valence-electron chi connectivity index (χ1n) is 10.2. The summed E-state index contributed by atoms with van der Waals surface area (Å²) < 4.78 is 26.4. The van der Waals surface area contributed by atoms with Crippen molar-refractivity contribution in [3.8, 4) is 0 Å². The van der Waals surface area contributed by atoms with Crippen LogP contribution in [0.1, 0.15) is 20.3 Å². The standard InChI is InChI=1S/C18H46O4Si5/c1-15-16-24(7,8)19-18(17(2)3)25(9,10)21-27(13,14)22-26(11,12)20-23(4,5)6/h18H,2,15-16H2,1,3-14H3. The van der Waals surface area contributed by atoms with Crippen molar-refractivity contribution in [1.82, 2.24) is 0 Å². The fourth-order valence-electron chi connectivity index (χ4n) is 3.87. The van der Waals surface area contributed by atoms with E-state index in [1.807, 2.05) is 0 Å². The molecule has 162 valence electrons. The van der Waals surface area contributed by atoms with Gasteiger partial charge in [-0.3, -0.25) is 0 Å². The monoisotopic (exact) mass is 466 g/mol. The van der Waals surface area contributed by atoms with E-state index in [-0.39, 0.29) is 5.73 Å². The van der Waals surface area contributed by atoms with Crippen LogP contribution in [-0.4, -0.2) is 47.8 Å². The van der Waals surface area contributed by atoms with Crippen molar-refractivity contribution < 1.29 is 16.8 Å². The van der Waals surface area contributed by atoms with Gasteiger partial charge in [0.1, 0.15) is 0 Å². The highest BCUT2D eigenvalue weighted by Gasteiger charge is 2.47. The maximum absolute atomic E-state index is 6.79. The SMILES string of the molecule is C=C(C)C(O[Si](C)(C)CCC)[Si](C)(C)O[Si](C)(C)O[Si](C)(C)O[Si](C)(C)C. The van der Waals surface area contributed by atoms with Crippen LogP contribution in [0, 0.1) is 0 Å². The summed E-state index contributed by atoms with van der Waals surface area (Å²) in [6.45, 7) is 32.8. The van der Waals surface area contributed by atoms with Crippen LogP contribution in [0.15, 0.2) is 12.2 Å². The highest BCUT2D eigenvalue weighted by molar-refractivity contribution is 6.90. The zero-order valence-electron chi connectivity index (χ0n) is 20.3. The van der Waals surface area contributed by atoms with Crippen LogP contribution in [0.25, 0.3) is 0 Å². The van der Waals surface area contributed by atoms with Gasteiger partial charge in [0.25, 0.3) is 0 Å². The first-order valence-corrected chi connectivity index (χ1v) is 25.3. The van der Waals surface area contributed by atoms with Crippen molar-refractivity contribution in [2.75, 3.05) is 0 Å². The van der Waals surface area contributed by atoms with Crippen molar-refractivity contribution >= 4 is 42.1 Å². The fourth-order valence-corrected chi connectivity index (χ4v) is 26.5. The first-order chi connectivity index (χ1) is 11.7. The Kier molecular flexibility index (Phi) is 9.89.